The van der Waals surface area contributed by atoms with Crippen molar-refractivity contribution in [1.82, 2.24) is 0 Å². The average molecular weight is 334 g/mol. The molecule has 0 aliphatic rings. The van der Waals surface area contributed by atoms with Gasteiger partial charge in [-0.3, -0.25) is 0 Å². The minimum atomic E-state index is -1.98. The molecule has 1 rings (SSSR count). The average Bonchev–Trinajstić information content (AvgIpc) is 2.50. The number of carbonyl (C=O) groups excluding carboxylic acids is 2. The second kappa shape index (κ2) is 9.30. The van der Waals surface area contributed by atoms with Crippen molar-refractivity contribution in [2.75, 3.05) is 6.61 Å². The number of benzene rings is 1. The minimum Gasteiger partial charge on any atom is -0.514 e. The smallest absolute Gasteiger partial charge is 0.331 e. The first-order valence-corrected chi connectivity index (χ1v) is 9.57. The zero-order chi connectivity index (χ0) is 17.3. The molecule has 0 amide bonds. The van der Waals surface area contributed by atoms with E-state index in [9.17, 15) is 9.59 Å². The molecule has 0 radical (unpaired) electrons. The fourth-order valence-corrected chi connectivity index (χ4v) is 4.40. The van der Waals surface area contributed by atoms with Crippen LogP contribution in [0.5, 0.6) is 0 Å². The molecule has 126 valence electrons. The van der Waals surface area contributed by atoms with Gasteiger partial charge in [-0.05, 0) is 16.6 Å². The van der Waals surface area contributed by atoms with E-state index < -0.39 is 21.0 Å². The Balaban J connectivity index is 2.66. The van der Waals surface area contributed by atoms with E-state index in [1.54, 1.807) is 0 Å². The third kappa shape index (κ3) is 7.28. The van der Waals surface area contributed by atoms with E-state index in [-0.39, 0.29) is 5.04 Å². The number of hydrogen-bond donors (Lipinski definition) is 0. The Morgan fingerprint density at radius 2 is 1.70 bits per heavy atom. The van der Waals surface area contributed by atoms with E-state index in [2.05, 4.69) is 20.8 Å². The Hall–Kier alpha value is -1.88. The lowest BCUT2D eigenvalue weighted by Crippen LogP contribution is -2.42. The second-order valence-corrected chi connectivity index (χ2v) is 9.84. The Morgan fingerprint density at radius 3 is 2.26 bits per heavy atom. The summed E-state index contributed by atoms with van der Waals surface area (Å²) < 4.78 is 10.6. The maximum absolute atomic E-state index is 12.0. The summed E-state index contributed by atoms with van der Waals surface area (Å²) in [4.78, 5) is 23.5. The highest BCUT2D eigenvalue weighted by Gasteiger charge is 2.32. The van der Waals surface area contributed by atoms with E-state index in [1.807, 2.05) is 37.3 Å². The van der Waals surface area contributed by atoms with Gasteiger partial charge in [0.05, 0.1) is 6.61 Å². The van der Waals surface area contributed by atoms with Gasteiger partial charge in [-0.1, -0.05) is 64.4 Å². The van der Waals surface area contributed by atoms with Crippen molar-refractivity contribution >= 4 is 26.2 Å². The highest BCUT2D eigenvalue weighted by molar-refractivity contribution is 6.71. The van der Waals surface area contributed by atoms with Crippen LogP contribution >= 0.6 is 0 Å². The molecule has 4 nitrogen and oxygen atoms in total. The predicted molar refractivity (Wildman–Crippen MR) is 94.0 cm³/mol. The highest BCUT2D eigenvalue weighted by Crippen LogP contribution is 2.27. The van der Waals surface area contributed by atoms with Gasteiger partial charge in [0, 0.05) is 12.2 Å². The molecule has 0 aliphatic carbocycles. The summed E-state index contributed by atoms with van der Waals surface area (Å²) in [6.45, 7) is 8.58. The first-order valence-electron chi connectivity index (χ1n) is 7.95. The molecule has 1 aromatic rings. The fourth-order valence-electron chi connectivity index (χ4n) is 2.03. The van der Waals surface area contributed by atoms with Crippen LogP contribution in [0.2, 0.25) is 5.04 Å². The first-order chi connectivity index (χ1) is 10.8. The van der Waals surface area contributed by atoms with Crippen molar-refractivity contribution in [2.45, 2.75) is 45.6 Å². The number of unbranched alkanes of at least 4 members (excludes halogenated alkanes) is 1. The molecule has 0 N–H and O–H groups in total. The zero-order valence-corrected chi connectivity index (χ0v) is 15.5. The summed E-state index contributed by atoms with van der Waals surface area (Å²) in [6, 6.07) is 9.79. The topological polar surface area (TPSA) is 52.6 Å². The largest absolute Gasteiger partial charge is 0.514 e. The lowest BCUT2D eigenvalue weighted by Gasteiger charge is -2.28. The Bertz CT molecular complexity index is 532. The third-order valence-electron chi connectivity index (χ3n) is 3.22. The van der Waals surface area contributed by atoms with E-state index in [0.29, 0.717) is 6.61 Å². The van der Waals surface area contributed by atoms with E-state index in [1.165, 1.54) is 0 Å². The molecule has 0 heterocycles. The third-order valence-corrected chi connectivity index (χ3v) is 6.25. The summed E-state index contributed by atoms with van der Waals surface area (Å²) in [6.07, 6.45) is 4.06. The normalized spacial score (nSPS) is 12.9. The number of esters is 1. The molecule has 1 atom stereocenters. The number of carbonyl (C=O) groups is 2. The second-order valence-electron chi connectivity index (χ2n) is 6.45. The Labute approximate surface area is 140 Å². The van der Waals surface area contributed by atoms with Crippen LogP contribution in [0.3, 0.4) is 0 Å². The number of hydrogen-bond acceptors (Lipinski definition) is 4. The van der Waals surface area contributed by atoms with Crippen LogP contribution < -0.4 is 5.19 Å². The predicted octanol–water partition coefficient (Wildman–Crippen LogP) is 2.86. The molecule has 1 unspecified atom stereocenters. The maximum atomic E-state index is 12.0. The van der Waals surface area contributed by atoms with Crippen molar-refractivity contribution in [1.29, 1.82) is 0 Å². The molecule has 0 bridgehead atoms. The van der Waals surface area contributed by atoms with Crippen molar-refractivity contribution in [3.05, 3.63) is 42.5 Å². The van der Waals surface area contributed by atoms with Gasteiger partial charge in [-0.15, -0.1) is 0 Å². The molecule has 1 aromatic carbocycles. The van der Waals surface area contributed by atoms with Crippen molar-refractivity contribution < 1.29 is 18.8 Å². The van der Waals surface area contributed by atoms with Gasteiger partial charge in [0.25, 0.3) is 9.04 Å². The van der Waals surface area contributed by atoms with Gasteiger partial charge in [0.15, 0.2) is 0 Å². The fraction of sp³-hybridized carbons (Fsp3) is 0.444. The lowest BCUT2D eigenvalue weighted by molar-refractivity contribution is -0.138. The minimum absolute atomic E-state index is 0.119. The molecule has 0 fully saturated rings. The van der Waals surface area contributed by atoms with Gasteiger partial charge >= 0.3 is 11.9 Å². The summed E-state index contributed by atoms with van der Waals surface area (Å²) >= 11 is 0. The van der Waals surface area contributed by atoms with Gasteiger partial charge in [-0.25, -0.2) is 9.59 Å². The van der Waals surface area contributed by atoms with Crippen LogP contribution in [-0.4, -0.2) is 27.6 Å². The van der Waals surface area contributed by atoms with Gasteiger partial charge in [-0.2, -0.15) is 0 Å². The molecular formula is C18H26O4Si. The molecular weight excluding hydrogens is 308 g/mol. The van der Waals surface area contributed by atoms with Crippen LogP contribution in [0.25, 0.3) is 0 Å². The van der Waals surface area contributed by atoms with Crippen LogP contribution in [0.4, 0.5) is 0 Å². The zero-order valence-electron chi connectivity index (χ0n) is 14.4. The summed E-state index contributed by atoms with van der Waals surface area (Å²) in [5.41, 5.74) is 0. The Kier molecular flexibility index (Phi) is 7.75. The molecule has 0 spiro atoms. The van der Waals surface area contributed by atoms with Crippen LogP contribution in [0.1, 0.15) is 40.5 Å². The molecule has 0 saturated heterocycles. The van der Waals surface area contributed by atoms with Crippen LogP contribution in [0, 0.1) is 0 Å². The van der Waals surface area contributed by atoms with Gasteiger partial charge < -0.3 is 9.16 Å². The van der Waals surface area contributed by atoms with Crippen molar-refractivity contribution in [2.24, 2.45) is 0 Å². The van der Waals surface area contributed by atoms with Gasteiger partial charge in [0.1, 0.15) is 0 Å². The standard InChI is InChI=1S/C18H26O4Si/c1-5-6-14-21-16(19)12-13-17(20)22-23(18(2,3)4)15-10-8-7-9-11-15/h7-13,23H,5-6,14H2,1-4H3. The van der Waals surface area contributed by atoms with E-state index in [0.717, 1.165) is 30.2 Å². The molecule has 0 saturated carbocycles. The van der Waals surface area contributed by atoms with E-state index >= 15 is 0 Å². The first kappa shape index (κ1) is 19.2. The highest BCUT2D eigenvalue weighted by atomic mass is 28.3. The monoisotopic (exact) mass is 334 g/mol. The molecule has 0 aliphatic heterocycles. The summed E-state index contributed by atoms with van der Waals surface area (Å²) in [7, 11) is -1.98. The maximum Gasteiger partial charge on any atom is 0.331 e. The lowest BCUT2D eigenvalue weighted by atomic mass is 10.2. The van der Waals surface area contributed by atoms with Crippen LogP contribution in [0.15, 0.2) is 42.5 Å². The molecule has 0 aromatic heterocycles. The summed E-state index contributed by atoms with van der Waals surface area (Å²) in [5.74, 6) is -1.00. The quantitative estimate of drug-likeness (QED) is 0.333. The summed E-state index contributed by atoms with van der Waals surface area (Å²) in [5, 5.41) is 0.944. The van der Waals surface area contributed by atoms with E-state index in [4.69, 9.17) is 9.16 Å². The Morgan fingerprint density at radius 1 is 1.09 bits per heavy atom. The van der Waals surface area contributed by atoms with Crippen molar-refractivity contribution in [3.63, 3.8) is 0 Å². The SMILES string of the molecule is CCCCOC(=O)C=CC(=O)O[SiH](c1ccccc1)C(C)(C)C. The number of ether oxygens (including phenoxy) is 1. The molecule has 5 heteroatoms. The van der Waals surface area contributed by atoms with Crippen molar-refractivity contribution in [3.8, 4) is 0 Å². The molecule has 23 heavy (non-hydrogen) atoms. The van der Waals surface area contributed by atoms with Gasteiger partial charge in [0.2, 0.25) is 0 Å². The number of rotatable bonds is 7. The van der Waals surface area contributed by atoms with Crippen LogP contribution in [-0.2, 0) is 18.8 Å².